The molecule has 2 aliphatic heterocycles. The summed E-state index contributed by atoms with van der Waals surface area (Å²) in [5, 5.41) is 3.02. The second kappa shape index (κ2) is 13.6. The number of aromatic amines is 1. The summed E-state index contributed by atoms with van der Waals surface area (Å²) in [7, 11) is 0. The topological polar surface area (TPSA) is 76.7 Å². The van der Waals surface area contributed by atoms with Gasteiger partial charge in [0.1, 0.15) is 23.7 Å². The van der Waals surface area contributed by atoms with Crippen LogP contribution >= 0.6 is 0 Å². The summed E-state index contributed by atoms with van der Waals surface area (Å²) in [6.07, 6.45) is 2.34. The number of amides is 1. The lowest BCUT2D eigenvalue weighted by molar-refractivity contribution is -0.117. The predicted octanol–water partition coefficient (Wildman–Crippen LogP) is 6.40. The highest BCUT2D eigenvalue weighted by Crippen LogP contribution is 2.30. The summed E-state index contributed by atoms with van der Waals surface area (Å²) in [4.78, 5) is 28.2. The molecule has 6 rings (SSSR count). The number of H-pyrrole nitrogens is 1. The maximum atomic E-state index is 12.5. The van der Waals surface area contributed by atoms with Crippen LogP contribution in [0.2, 0.25) is 0 Å². The molecule has 0 aliphatic carbocycles. The second-order valence-corrected chi connectivity index (χ2v) is 13.8. The molecule has 1 aromatic heterocycles. The van der Waals surface area contributed by atoms with Crippen molar-refractivity contribution < 1.29 is 9.53 Å². The molecule has 1 amide bonds. The van der Waals surface area contributed by atoms with Crippen molar-refractivity contribution in [2.24, 2.45) is 5.92 Å². The Morgan fingerprint density at radius 3 is 2.31 bits per heavy atom. The average Bonchev–Trinajstić information content (AvgIpc) is 3.48. The lowest BCUT2D eigenvalue weighted by atomic mass is 9.87. The van der Waals surface area contributed by atoms with E-state index in [0.29, 0.717) is 13.2 Å². The molecule has 3 aromatic carbocycles. The third kappa shape index (κ3) is 7.86. The number of anilines is 2. The molecule has 2 saturated heterocycles. The second-order valence-electron chi connectivity index (χ2n) is 13.8. The van der Waals surface area contributed by atoms with Crippen LogP contribution in [0.4, 0.5) is 11.4 Å². The smallest absolute Gasteiger partial charge is 0.238 e. The number of fused-ring (bicyclic) bond motifs is 1. The maximum Gasteiger partial charge on any atom is 0.238 e. The van der Waals surface area contributed by atoms with Gasteiger partial charge in [-0.3, -0.25) is 14.6 Å². The number of nitrogens with one attached hydrogen (secondary N) is 2. The first-order chi connectivity index (χ1) is 21.7. The number of carbonyl (C=O) groups is 1. The van der Waals surface area contributed by atoms with Crippen molar-refractivity contribution in [1.29, 1.82) is 0 Å². The van der Waals surface area contributed by atoms with Gasteiger partial charge < -0.3 is 19.9 Å². The van der Waals surface area contributed by atoms with Crippen LogP contribution in [-0.2, 0) is 10.2 Å². The van der Waals surface area contributed by atoms with Crippen LogP contribution in [0.3, 0.4) is 0 Å². The molecule has 238 valence electrons. The zero-order chi connectivity index (χ0) is 31.4. The Morgan fingerprint density at radius 1 is 0.911 bits per heavy atom. The summed E-state index contributed by atoms with van der Waals surface area (Å²) in [5.41, 5.74) is 6.66. The Bertz CT molecular complexity index is 1560. The summed E-state index contributed by atoms with van der Waals surface area (Å²) >= 11 is 0. The number of rotatable bonds is 9. The molecule has 0 spiro atoms. The third-order valence-electron chi connectivity index (χ3n) is 9.29. The molecule has 0 bridgehead atoms. The van der Waals surface area contributed by atoms with Gasteiger partial charge >= 0.3 is 0 Å². The van der Waals surface area contributed by atoms with E-state index >= 15 is 0 Å². The zero-order valence-corrected chi connectivity index (χ0v) is 27.3. The maximum absolute atomic E-state index is 12.5. The van der Waals surface area contributed by atoms with Gasteiger partial charge in [-0.1, -0.05) is 58.0 Å². The minimum atomic E-state index is 0.0484. The monoisotopic (exact) mass is 608 g/mol. The van der Waals surface area contributed by atoms with E-state index in [-0.39, 0.29) is 11.3 Å². The van der Waals surface area contributed by atoms with E-state index in [4.69, 9.17) is 9.72 Å². The van der Waals surface area contributed by atoms with Crippen molar-refractivity contribution >= 4 is 28.3 Å². The fourth-order valence-corrected chi connectivity index (χ4v) is 6.30. The van der Waals surface area contributed by atoms with Gasteiger partial charge in [0.25, 0.3) is 0 Å². The Hall–Kier alpha value is -3.88. The van der Waals surface area contributed by atoms with Crippen LogP contribution in [0.15, 0.2) is 66.7 Å². The molecule has 2 N–H and O–H groups in total. The first kappa shape index (κ1) is 31.1. The molecule has 0 saturated carbocycles. The highest BCUT2D eigenvalue weighted by atomic mass is 16.5. The number of likely N-dealkylation sites (tertiary alicyclic amines) is 1. The number of ether oxygens (including phenoxy) is 1. The van der Waals surface area contributed by atoms with Gasteiger partial charge in [-0.15, -0.1) is 0 Å². The first-order valence-electron chi connectivity index (χ1n) is 16.5. The first-order valence-corrected chi connectivity index (χ1v) is 16.5. The van der Waals surface area contributed by atoms with Crippen LogP contribution in [0, 0.1) is 5.92 Å². The summed E-state index contributed by atoms with van der Waals surface area (Å²) in [5.74, 6) is 2.55. The minimum Gasteiger partial charge on any atom is -0.492 e. The highest BCUT2D eigenvalue weighted by molar-refractivity contribution is 5.92. The Kier molecular flexibility index (Phi) is 9.42. The molecule has 0 radical (unpaired) electrons. The van der Waals surface area contributed by atoms with Crippen LogP contribution in [0.5, 0.6) is 5.75 Å². The predicted molar refractivity (Wildman–Crippen MR) is 184 cm³/mol. The van der Waals surface area contributed by atoms with Crippen LogP contribution in [0.25, 0.3) is 22.4 Å². The van der Waals surface area contributed by atoms with Crippen molar-refractivity contribution in [3.8, 4) is 17.1 Å². The minimum absolute atomic E-state index is 0.0484. The average molecular weight is 609 g/mol. The van der Waals surface area contributed by atoms with Crippen molar-refractivity contribution in [1.82, 2.24) is 19.8 Å². The SMILES string of the molecule is CC1CCN(CC(=O)Nc2ccc(OCCN3CCN(c4cccc5[nH]c(-c6ccc(C(C)(C)C)cc6)nc45)CC3)cc2)CC1. The number of hydrogen-bond donors (Lipinski definition) is 2. The fourth-order valence-electron chi connectivity index (χ4n) is 6.30. The van der Waals surface area contributed by atoms with E-state index in [1.807, 2.05) is 24.3 Å². The highest BCUT2D eigenvalue weighted by Gasteiger charge is 2.21. The van der Waals surface area contributed by atoms with Crippen molar-refractivity contribution in [2.75, 3.05) is 69.2 Å². The standard InChI is InChI=1S/C37H48N6O2/c1-27-16-18-42(19-17-27)26-34(44)38-30-12-14-31(15-13-30)45-25-24-41-20-22-43(23-21-41)33-7-5-6-32-35(33)40-36(39-32)28-8-10-29(11-9-28)37(2,3)4/h5-15,27H,16-26H2,1-4H3,(H,38,44)(H,39,40). The number of hydrogen-bond acceptors (Lipinski definition) is 6. The number of nitrogens with zero attached hydrogens (tertiary/aromatic N) is 4. The van der Waals surface area contributed by atoms with Gasteiger partial charge in [0.15, 0.2) is 0 Å². The molecule has 0 unspecified atom stereocenters. The summed E-state index contributed by atoms with van der Waals surface area (Å²) < 4.78 is 6.05. The van der Waals surface area contributed by atoms with Gasteiger partial charge in [0.2, 0.25) is 5.91 Å². The Labute approximate surface area is 267 Å². The molecule has 8 heteroatoms. The Morgan fingerprint density at radius 2 is 1.62 bits per heavy atom. The normalized spacial score (nSPS) is 17.1. The van der Waals surface area contributed by atoms with Crippen LogP contribution in [0.1, 0.15) is 46.1 Å². The Balaban J connectivity index is 0.961. The number of piperidine rings is 1. The van der Waals surface area contributed by atoms with Gasteiger partial charge in [0, 0.05) is 44.0 Å². The number of imidazole rings is 1. The van der Waals surface area contributed by atoms with Crippen molar-refractivity contribution in [2.45, 2.75) is 46.0 Å². The summed E-state index contributed by atoms with van der Waals surface area (Å²) in [6.45, 7) is 16.8. The van der Waals surface area contributed by atoms with E-state index in [9.17, 15) is 4.79 Å². The van der Waals surface area contributed by atoms with E-state index in [1.54, 1.807) is 0 Å². The van der Waals surface area contributed by atoms with Gasteiger partial charge in [-0.25, -0.2) is 4.98 Å². The lowest BCUT2D eigenvalue weighted by Crippen LogP contribution is -2.47. The van der Waals surface area contributed by atoms with Crippen LogP contribution < -0.4 is 15.0 Å². The van der Waals surface area contributed by atoms with E-state index in [0.717, 1.165) is 85.6 Å². The molecule has 8 nitrogen and oxygen atoms in total. The molecule has 45 heavy (non-hydrogen) atoms. The van der Waals surface area contributed by atoms with Gasteiger partial charge in [-0.2, -0.15) is 0 Å². The molecule has 3 heterocycles. The number of carbonyl (C=O) groups excluding carboxylic acids is 1. The number of piperazine rings is 1. The van der Waals surface area contributed by atoms with Gasteiger partial charge in [0.05, 0.1) is 17.7 Å². The largest absolute Gasteiger partial charge is 0.492 e. The molecule has 2 aliphatic rings. The molecular weight excluding hydrogens is 560 g/mol. The van der Waals surface area contributed by atoms with E-state index in [2.05, 4.69) is 95.2 Å². The van der Waals surface area contributed by atoms with E-state index < -0.39 is 0 Å². The molecular formula is C37H48N6O2. The third-order valence-corrected chi connectivity index (χ3v) is 9.29. The number of aromatic nitrogens is 2. The van der Waals surface area contributed by atoms with Gasteiger partial charge in [-0.05, 0) is 79.2 Å². The number of benzene rings is 3. The molecule has 4 aromatic rings. The zero-order valence-electron chi connectivity index (χ0n) is 27.3. The fraction of sp³-hybridized carbons (Fsp3) is 0.459. The molecule has 2 fully saturated rings. The number of para-hydroxylation sites is 1. The van der Waals surface area contributed by atoms with Crippen LogP contribution in [-0.4, -0.2) is 84.6 Å². The lowest BCUT2D eigenvalue weighted by Gasteiger charge is -2.36. The van der Waals surface area contributed by atoms with Crippen molar-refractivity contribution in [3.63, 3.8) is 0 Å². The molecule has 0 atom stereocenters. The van der Waals surface area contributed by atoms with Crippen molar-refractivity contribution in [3.05, 3.63) is 72.3 Å². The quantitative estimate of drug-likeness (QED) is 0.229. The summed E-state index contributed by atoms with van der Waals surface area (Å²) in [6, 6.07) is 22.9. The van der Waals surface area contributed by atoms with E-state index in [1.165, 1.54) is 24.1 Å².